The normalized spacial score (nSPS) is 25.9. The SMILES string of the molecule is CCN1CCN(C)C(C(=O)OC)C1. The molecule has 4 nitrogen and oxygen atoms in total. The van der Waals surface area contributed by atoms with E-state index in [2.05, 4.69) is 16.7 Å². The first-order chi connectivity index (χ1) is 6.19. The number of methoxy groups -OCH3 is 1. The smallest absolute Gasteiger partial charge is 0.324 e. The van der Waals surface area contributed by atoms with E-state index in [1.807, 2.05) is 7.05 Å². The Morgan fingerprint density at radius 1 is 1.54 bits per heavy atom. The van der Waals surface area contributed by atoms with E-state index >= 15 is 0 Å². The first-order valence-corrected chi connectivity index (χ1v) is 4.69. The van der Waals surface area contributed by atoms with Crippen LogP contribution < -0.4 is 0 Å². The lowest BCUT2D eigenvalue weighted by Gasteiger charge is -2.37. The van der Waals surface area contributed by atoms with E-state index in [1.165, 1.54) is 7.11 Å². The average molecular weight is 186 g/mol. The molecule has 1 rings (SSSR count). The van der Waals surface area contributed by atoms with Gasteiger partial charge in [0, 0.05) is 19.6 Å². The third-order valence-electron chi connectivity index (χ3n) is 2.65. The maximum atomic E-state index is 11.3. The van der Waals surface area contributed by atoms with E-state index < -0.39 is 0 Å². The number of hydrogen-bond acceptors (Lipinski definition) is 4. The Morgan fingerprint density at radius 2 is 2.23 bits per heavy atom. The van der Waals surface area contributed by atoms with Gasteiger partial charge in [0.05, 0.1) is 7.11 Å². The summed E-state index contributed by atoms with van der Waals surface area (Å²) in [6.45, 7) is 5.88. The topological polar surface area (TPSA) is 32.8 Å². The van der Waals surface area contributed by atoms with Crippen molar-refractivity contribution in [2.24, 2.45) is 0 Å². The van der Waals surface area contributed by atoms with Gasteiger partial charge in [-0.15, -0.1) is 0 Å². The number of carbonyl (C=O) groups excluding carboxylic acids is 1. The molecule has 1 heterocycles. The highest BCUT2D eigenvalue weighted by atomic mass is 16.5. The van der Waals surface area contributed by atoms with Gasteiger partial charge in [0.25, 0.3) is 0 Å². The van der Waals surface area contributed by atoms with E-state index in [0.717, 1.165) is 26.2 Å². The third-order valence-corrected chi connectivity index (χ3v) is 2.65. The summed E-state index contributed by atoms with van der Waals surface area (Å²) >= 11 is 0. The summed E-state index contributed by atoms with van der Waals surface area (Å²) in [6, 6.07) is -0.0845. The standard InChI is InChI=1S/C9H18N2O2/c1-4-11-6-5-10(2)8(7-11)9(12)13-3/h8H,4-7H2,1-3H3. The average Bonchev–Trinajstić information content (AvgIpc) is 2.17. The van der Waals surface area contributed by atoms with E-state index in [1.54, 1.807) is 0 Å². The Kier molecular flexibility index (Phi) is 3.69. The number of carbonyl (C=O) groups is 1. The van der Waals surface area contributed by atoms with Gasteiger partial charge in [-0.2, -0.15) is 0 Å². The largest absolute Gasteiger partial charge is 0.468 e. The zero-order chi connectivity index (χ0) is 9.84. The predicted molar refractivity (Wildman–Crippen MR) is 50.5 cm³/mol. The lowest BCUT2D eigenvalue weighted by atomic mass is 10.2. The fourth-order valence-corrected chi connectivity index (χ4v) is 1.61. The molecular weight excluding hydrogens is 168 g/mol. The van der Waals surface area contributed by atoms with Crippen molar-refractivity contribution in [3.63, 3.8) is 0 Å². The van der Waals surface area contributed by atoms with Gasteiger partial charge < -0.3 is 9.64 Å². The van der Waals surface area contributed by atoms with E-state index in [4.69, 9.17) is 4.74 Å². The minimum Gasteiger partial charge on any atom is -0.468 e. The van der Waals surface area contributed by atoms with Crippen molar-refractivity contribution in [1.82, 2.24) is 9.80 Å². The summed E-state index contributed by atoms with van der Waals surface area (Å²) < 4.78 is 4.75. The summed E-state index contributed by atoms with van der Waals surface area (Å²) in [5, 5.41) is 0. The second-order valence-electron chi connectivity index (χ2n) is 3.41. The number of rotatable bonds is 2. The maximum Gasteiger partial charge on any atom is 0.324 e. The highest BCUT2D eigenvalue weighted by Gasteiger charge is 2.29. The summed E-state index contributed by atoms with van der Waals surface area (Å²) in [5.41, 5.74) is 0. The van der Waals surface area contributed by atoms with Crippen molar-refractivity contribution >= 4 is 5.97 Å². The quantitative estimate of drug-likeness (QED) is 0.559. The van der Waals surface area contributed by atoms with Crippen LogP contribution >= 0.6 is 0 Å². The molecule has 0 bridgehead atoms. The molecule has 1 saturated heterocycles. The van der Waals surface area contributed by atoms with Gasteiger partial charge in [-0.3, -0.25) is 9.69 Å². The van der Waals surface area contributed by atoms with Crippen molar-refractivity contribution < 1.29 is 9.53 Å². The number of esters is 1. The lowest BCUT2D eigenvalue weighted by Crippen LogP contribution is -2.54. The predicted octanol–water partition coefficient (Wildman–Crippen LogP) is -0.205. The van der Waals surface area contributed by atoms with Crippen molar-refractivity contribution in [1.29, 1.82) is 0 Å². The molecule has 0 spiro atoms. The maximum absolute atomic E-state index is 11.3. The van der Waals surface area contributed by atoms with E-state index in [-0.39, 0.29) is 12.0 Å². The Morgan fingerprint density at radius 3 is 2.77 bits per heavy atom. The molecule has 0 radical (unpaired) electrons. The highest BCUT2D eigenvalue weighted by Crippen LogP contribution is 2.08. The molecule has 0 aromatic carbocycles. The Labute approximate surface area is 79.4 Å². The Balaban J connectivity index is 2.54. The number of piperazine rings is 1. The minimum absolute atomic E-state index is 0.0845. The second kappa shape index (κ2) is 4.58. The summed E-state index contributed by atoms with van der Waals surface area (Å²) in [5.74, 6) is -0.124. The molecule has 1 fully saturated rings. The molecule has 1 aliphatic heterocycles. The molecule has 1 aliphatic rings. The monoisotopic (exact) mass is 186 g/mol. The molecular formula is C9H18N2O2. The van der Waals surface area contributed by atoms with Crippen LogP contribution in [0.5, 0.6) is 0 Å². The van der Waals surface area contributed by atoms with Gasteiger partial charge >= 0.3 is 5.97 Å². The number of nitrogens with zero attached hydrogens (tertiary/aromatic N) is 2. The first kappa shape index (κ1) is 10.5. The van der Waals surface area contributed by atoms with Crippen LogP contribution in [0.2, 0.25) is 0 Å². The zero-order valence-corrected chi connectivity index (χ0v) is 8.62. The fraction of sp³-hybridized carbons (Fsp3) is 0.889. The first-order valence-electron chi connectivity index (χ1n) is 4.69. The van der Waals surface area contributed by atoms with Crippen molar-refractivity contribution in [3.05, 3.63) is 0 Å². The molecule has 4 heteroatoms. The molecule has 0 saturated carbocycles. The minimum atomic E-state index is -0.124. The number of likely N-dealkylation sites (N-methyl/N-ethyl adjacent to an activating group) is 2. The van der Waals surface area contributed by atoms with Crippen LogP contribution in [0.25, 0.3) is 0 Å². The molecule has 0 aromatic heterocycles. The van der Waals surface area contributed by atoms with Crippen LogP contribution in [0.1, 0.15) is 6.92 Å². The molecule has 0 amide bonds. The van der Waals surface area contributed by atoms with Crippen LogP contribution in [0, 0.1) is 0 Å². The van der Waals surface area contributed by atoms with E-state index in [9.17, 15) is 4.79 Å². The summed E-state index contributed by atoms with van der Waals surface area (Å²) in [7, 11) is 3.41. The fourth-order valence-electron chi connectivity index (χ4n) is 1.61. The number of ether oxygens (including phenoxy) is 1. The summed E-state index contributed by atoms with van der Waals surface area (Å²) in [4.78, 5) is 15.7. The molecule has 1 unspecified atom stereocenters. The van der Waals surface area contributed by atoms with Crippen molar-refractivity contribution in [2.45, 2.75) is 13.0 Å². The van der Waals surface area contributed by atoms with Crippen LogP contribution in [0.15, 0.2) is 0 Å². The Hall–Kier alpha value is -0.610. The van der Waals surface area contributed by atoms with Gasteiger partial charge in [-0.1, -0.05) is 6.92 Å². The second-order valence-corrected chi connectivity index (χ2v) is 3.41. The van der Waals surface area contributed by atoms with Gasteiger partial charge in [0.2, 0.25) is 0 Å². The van der Waals surface area contributed by atoms with Crippen LogP contribution in [0.3, 0.4) is 0 Å². The van der Waals surface area contributed by atoms with Crippen LogP contribution in [0.4, 0.5) is 0 Å². The molecule has 13 heavy (non-hydrogen) atoms. The van der Waals surface area contributed by atoms with Crippen molar-refractivity contribution in [2.75, 3.05) is 40.3 Å². The lowest BCUT2D eigenvalue weighted by molar-refractivity contribution is -0.148. The third kappa shape index (κ3) is 2.42. The molecule has 0 N–H and O–H groups in total. The van der Waals surface area contributed by atoms with Crippen LogP contribution in [-0.4, -0.2) is 62.1 Å². The Bertz CT molecular complexity index is 184. The van der Waals surface area contributed by atoms with Gasteiger partial charge in [-0.25, -0.2) is 0 Å². The summed E-state index contributed by atoms with van der Waals surface area (Å²) in [6.07, 6.45) is 0. The molecule has 76 valence electrons. The molecule has 0 aromatic rings. The van der Waals surface area contributed by atoms with Crippen molar-refractivity contribution in [3.8, 4) is 0 Å². The zero-order valence-electron chi connectivity index (χ0n) is 8.62. The highest BCUT2D eigenvalue weighted by molar-refractivity contribution is 5.76. The molecule has 0 aliphatic carbocycles. The number of hydrogen-bond donors (Lipinski definition) is 0. The van der Waals surface area contributed by atoms with E-state index in [0.29, 0.717) is 0 Å². The van der Waals surface area contributed by atoms with Gasteiger partial charge in [0.15, 0.2) is 0 Å². The van der Waals surface area contributed by atoms with Crippen LogP contribution in [-0.2, 0) is 9.53 Å². The van der Waals surface area contributed by atoms with Gasteiger partial charge in [0.1, 0.15) is 6.04 Å². The molecule has 1 atom stereocenters. The van der Waals surface area contributed by atoms with Gasteiger partial charge in [-0.05, 0) is 13.6 Å².